The van der Waals surface area contributed by atoms with Crippen molar-refractivity contribution >= 4 is 11.6 Å². The second kappa shape index (κ2) is 6.78. The van der Waals surface area contributed by atoms with Crippen LogP contribution in [0.4, 0.5) is 5.69 Å². The molecule has 0 unspecified atom stereocenters. The van der Waals surface area contributed by atoms with Crippen LogP contribution in [-0.4, -0.2) is 20.6 Å². The van der Waals surface area contributed by atoms with Gasteiger partial charge in [-0.1, -0.05) is 36.4 Å². The molecule has 3 rings (SSSR count). The van der Waals surface area contributed by atoms with Crippen LogP contribution in [0.1, 0.15) is 0 Å². The minimum Gasteiger partial charge on any atom is -0.508 e. The molecule has 0 bridgehead atoms. The summed E-state index contributed by atoms with van der Waals surface area (Å²) in [4.78, 5) is 28.4. The quantitative estimate of drug-likeness (QED) is 0.772. The van der Waals surface area contributed by atoms with Crippen molar-refractivity contribution < 1.29 is 9.90 Å². The highest BCUT2D eigenvalue weighted by atomic mass is 16.3. The SMILES string of the molecule is O=C(Cn1cnc(-c2ccccc2)cc1=O)Nc1cccc(O)c1. The highest BCUT2D eigenvalue weighted by Gasteiger charge is 2.07. The van der Waals surface area contributed by atoms with Crippen molar-refractivity contribution in [3.05, 3.63) is 77.3 Å². The fraction of sp³-hybridized carbons (Fsp3) is 0.0556. The lowest BCUT2D eigenvalue weighted by Crippen LogP contribution is -2.27. The van der Waals surface area contributed by atoms with Crippen LogP contribution in [0.5, 0.6) is 5.75 Å². The Bertz CT molecular complexity index is 920. The molecular weight excluding hydrogens is 306 g/mol. The number of aromatic nitrogens is 2. The van der Waals surface area contributed by atoms with Gasteiger partial charge < -0.3 is 10.4 Å². The Morgan fingerprint density at radius 2 is 1.88 bits per heavy atom. The normalized spacial score (nSPS) is 10.3. The van der Waals surface area contributed by atoms with E-state index in [0.717, 1.165) is 5.56 Å². The van der Waals surface area contributed by atoms with Crippen molar-refractivity contribution in [1.29, 1.82) is 0 Å². The summed E-state index contributed by atoms with van der Waals surface area (Å²) in [7, 11) is 0. The molecule has 1 aromatic heterocycles. The van der Waals surface area contributed by atoms with Crippen LogP contribution in [0.25, 0.3) is 11.3 Å². The molecule has 1 amide bonds. The predicted molar refractivity (Wildman–Crippen MR) is 90.7 cm³/mol. The van der Waals surface area contributed by atoms with Gasteiger partial charge in [0.25, 0.3) is 5.56 Å². The molecule has 0 saturated carbocycles. The van der Waals surface area contributed by atoms with E-state index < -0.39 is 0 Å². The van der Waals surface area contributed by atoms with Crippen LogP contribution >= 0.6 is 0 Å². The standard InChI is InChI=1S/C18H15N3O3/c22-15-8-4-7-14(9-15)20-17(23)11-21-12-19-16(10-18(21)24)13-5-2-1-3-6-13/h1-10,12,22H,11H2,(H,20,23). The molecule has 2 N–H and O–H groups in total. The van der Waals surface area contributed by atoms with Crippen molar-refractivity contribution in [2.45, 2.75) is 6.54 Å². The maximum absolute atomic E-state index is 12.2. The Kier molecular flexibility index (Phi) is 4.38. The fourth-order valence-corrected chi connectivity index (χ4v) is 2.25. The Balaban J connectivity index is 1.74. The van der Waals surface area contributed by atoms with Gasteiger partial charge >= 0.3 is 0 Å². The van der Waals surface area contributed by atoms with E-state index >= 15 is 0 Å². The third kappa shape index (κ3) is 3.67. The fourth-order valence-electron chi connectivity index (χ4n) is 2.25. The van der Waals surface area contributed by atoms with Gasteiger partial charge in [-0.2, -0.15) is 0 Å². The van der Waals surface area contributed by atoms with Gasteiger partial charge in [0.15, 0.2) is 0 Å². The van der Waals surface area contributed by atoms with Crippen molar-refractivity contribution in [3.8, 4) is 17.0 Å². The van der Waals surface area contributed by atoms with Gasteiger partial charge in [0.1, 0.15) is 12.3 Å². The third-order valence-corrected chi connectivity index (χ3v) is 3.39. The lowest BCUT2D eigenvalue weighted by molar-refractivity contribution is -0.116. The summed E-state index contributed by atoms with van der Waals surface area (Å²) in [6, 6.07) is 16.9. The van der Waals surface area contributed by atoms with Crippen molar-refractivity contribution in [1.82, 2.24) is 9.55 Å². The molecule has 6 nitrogen and oxygen atoms in total. The maximum atomic E-state index is 12.2. The van der Waals surface area contributed by atoms with Gasteiger partial charge in [-0.3, -0.25) is 14.2 Å². The minimum atomic E-state index is -0.378. The van der Waals surface area contributed by atoms with Gasteiger partial charge in [0.2, 0.25) is 5.91 Å². The number of amides is 1. The highest BCUT2D eigenvalue weighted by molar-refractivity contribution is 5.90. The topological polar surface area (TPSA) is 84.2 Å². The molecule has 0 aliphatic rings. The summed E-state index contributed by atoms with van der Waals surface area (Å²) in [6.07, 6.45) is 1.35. The first-order chi connectivity index (χ1) is 11.6. The average molecular weight is 321 g/mol. The molecule has 0 atom stereocenters. The Labute approximate surface area is 138 Å². The largest absolute Gasteiger partial charge is 0.508 e. The van der Waals surface area contributed by atoms with Gasteiger partial charge in [-0.05, 0) is 12.1 Å². The molecule has 0 saturated heterocycles. The average Bonchev–Trinajstić information content (AvgIpc) is 2.57. The van der Waals surface area contributed by atoms with E-state index in [0.29, 0.717) is 11.4 Å². The summed E-state index contributed by atoms with van der Waals surface area (Å²) in [5.41, 5.74) is 1.55. The number of anilines is 1. The molecule has 0 aliphatic carbocycles. The zero-order valence-corrected chi connectivity index (χ0v) is 12.7. The van der Waals surface area contributed by atoms with Crippen molar-refractivity contribution in [3.63, 3.8) is 0 Å². The third-order valence-electron chi connectivity index (χ3n) is 3.39. The van der Waals surface area contributed by atoms with Crippen LogP contribution in [0.3, 0.4) is 0 Å². The number of carbonyl (C=O) groups is 1. The van der Waals surface area contributed by atoms with Gasteiger partial charge in [-0.25, -0.2) is 4.98 Å². The van der Waals surface area contributed by atoms with E-state index in [9.17, 15) is 14.7 Å². The molecule has 1 heterocycles. The number of carbonyl (C=O) groups excluding carboxylic acids is 1. The first-order valence-corrected chi connectivity index (χ1v) is 7.32. The summed E-state index contributed by atoms with van der Waals surface area (Å²) in [6.45, 7) is -0.156. The van der Waals surface area contributed by atoms with E-state index in [1.807, 2.05) is 30.3 Å². The number of aromatic hydroxyl groups is 1. The van der Waals surface area contributed by atoms with Crippen LogP contribution in [-0.2, 0) is 11.3 Å². The number of rotatable bonds is 4. The molecule has 120 valence electrons. The summed E-state index contributed by atoms with van der Waals surface area (Å²) in [5, 5.41) is 12.0. The number of nitrogens with one attached hydrogen (secondary N) is 1. The number of hydrogen-bond donors (Lipinski definition) is 2. The van der Waals surface area contributed by atoms with E-state index in [1.165, 1.54) is 29.1 Å². The molecule has 6 heteroatoms. The summed E-state index contributed by atoms with van der Waals surface area (Å²) in [5.74, 6) is -0.323. The monoisotopic (exact) mass is 321 g/mol. The van der Waals surface area contributed by atoms with Crippen LogP contribution in [0.2, 0.25) is 0 Å². The van der Waals surface area contributed by atoms with E-state index in [-0.39, 0.29) is 23.8 Å². The molecule has 0 fully saturated rings. The van der Waals surface area contributed by atoms with Gasteiger partial charge in [-0.15, -0.1) is 0 Å². The number of nitrogens with zero attached hydrogens (tertiary/aromatic N) is 2. The van der Waals surface area contributed by atoms with Crippen LogP contribution < -0.4 is 10.9 Å². The second-order valence-electron chi connectivity index (χ2n) is 5.20. The molecule has 3 aromatic rings. The molecular formula is C18H15N3O3. The minimum absolute atomic E-state index is 0.0545. The van der Waals surface area contributed by atoms with Gasteiger partial charge in [0.05, 0.1) is 12.0 Å². The number of hydrogen-bond acceptors (Lipinski definition) is 4. The maximum Gasteiger partial charge on any atom is 0.254 e. The first kappa shape index (κ1) is 15.5. The van der Waals surface area contributed by atoms with E-state index in [2.05, 4.69) is 10.3 Å². The summed E-state index contributed by atoms with van der Waals surface area (Å²) >= 11 is 0. The smallest absolute Gasteiger partial charge is 0.254 e. The van der Waals surface area contributed by atoms with E-state index in [1.54, 1.807) is 12.1 Å². The van der Waals surface area contributed by atoms with Crippen LogP contribution in [0, 0.1) is 0 Å². The number of benzene rings is 2. The molecule has 0 aliphatic heterocycles. The number of phenols is 1. The number of phenolic OH excluding ortho intramolecular Hbond substituents is 1. The first-order valence-electron chi connectivity index (χ1n) is 7.32. The lowest BCUT2D eigenvalue weighted by atomic mass is 10.1. The highest BCUT2D eigenvalue weighted by Crippen LogP contribution is 2.15. The zero-order chi connectivity index (χ0) is 16.9. The Morgan fingerprint density at radius 3 is 2.58 bits per heavy atom. The van der Waals surface area contributed by atoms with Crippen molar-refractivity contribution in [2.24, 2.45) is 0 Å². The molecule has 2 aromatic carbocycles. The molecule has 0 spiro atoms. The van der Waals surface area contributed by atoms with E-state index in [4.69, 9.17) is 0 Å². The Hall–Kier alpha value is -3.41. The van der Waals surface area contributed by atoms with Gasteiger partial charge in [0, 0.05) is 23.4 Å². The summed E-state index contributed by atoms with van der Waals surface area (Å²) < 4.78 is 1.23. The van der Waals surface area contributed by atoms with Crippen LogP contribution in [0.15, 0.2) is 71.8 Å². The molecule has 0 radical (unpaired) electrons. The molecule has 24 heavy (non-hydrogen) atoms. The Morgan fingerprint density at radius 1 is 1.08 bits per heavy atom. The lowest BCUT2D eigenvalue weighted by Gasteiger charge is -2.08. The predicted octanol–water partition coefficient (Wildman–Crippen LogP) is 2.25. The second-order valence-corrected chi connectivity index (χ2v) is 5.20. The zero-order valence-electron chi connectivity index (χ0n) is 12.7. The van der Waals surface area contributed by atoms with Crippen molar-refractivity contribution in [2.75, 3.05) is 5.32 Å².